The van der Waals surface area contributed by atoms with Crippen molar-refractivity contribution >= 4 is 16.9 Å². The third kappa shape index (κ3) is 7.76. The Morgan fingerprint density at radius 2 is 2.11 bits per heavy atom. The second kappa shape index (κ2) is 4.62. The largest absolute Gasteiger partial charge is 0.287 e. The van der Waals surface area contributed by atoms with Gasteiger partial charge in [-0.15, -0.1) is 0 Å². The lowest BCUT2D eigenvalue weighted by atomic mass is 10.2. The van der Waals surface area contributed by atoms with E-state index >= 15 is 0 Å². The summed E-state index contributed by atoms with van der Waals surface area (Å²) in [6.07, 6.45) is 2.01. The van der Waals surface area contributed by atoms with Crippen molar-refractivity contribution in [1.29, 1.82) is 0 Å². The first-order valence-electron chi connectivity index (χ1n) is 2.97. The van der Waals surface area contributed by atoms with Crippen molar-refractivity contribution in [1.82, 2.24) is 0 Å². The Bertz CT molecular complexity index is 116. The lowest BCUT2D eigenvalue weighted by Crippen LogP contribution is -1.78. The maximum Gasteiger partial charge on any atom is 0.190 e. The van der Waals surface area contributed by atoms with E-state index in [1.807, 2.05) is 11.5 Å². The molecule has 0 fully saturated rings. The van der Waals surface area contributed by atoms with Crippen LogP contribution in [0.3, 0.4) is 0 Å². The number of thioether (sulfide) groups is 1. The molecule has 9 heavy (non-hydrogen) atoms. The fourth-order valence-electron chi connectivity index (χ4n) is 0.292. The number of carbonyl (C=O) groups excluding carboxylic acids is 1. The lowest BCUT2D eigenvalue weighted by molar-refractivity contribution is -0.109. The quantitative estimate of drug-likeness (QED) is 0.592. The summed E-state index contributed by atoms with van der Waals surface area (Å²) in [5.41, 5.74) is 0. The molecule has 0 aromatic heterocycles. The molecular formula is C7H12OS. The Balaban J connectivity index is 3.36. The monoisotopic (exact) mass is 144 g/mol. The highest BCUT2D eigenvalue weighted by Gasteiger charge is 1.87. The van der Waals surface area contributed by atoms with E-state index in [1.165, 1.54) is 11.8 Å². The minimum atomic E-state index is 0.145. The van der Waals surface area contributed by atoms with Gasteiger partial charge in [0.15, 0.2) is 5.12 Å². The first-order chi connectivity index (χ1) is 4.13. The highest BCUT2D eigenvalue weighted by molar-refractivity contribution is 8.16. The van der Waals surface area contributed by atoms with Crippen LogP contribution >= 0.6 is 11.8 Å². The molecule has 0 amide bonds. The van der Waals surface area contributed by atoms with Crippen molar-refractivity contribution in [2.75, 3.05) is 0 Å². The molecular weight excluding hydrogens is 132 g/mol. The van der Waals surface area contributed by atoms with Gasteiger partial charge in [0.1, 0.15) is 0 Å². The smallest absolute Gasteiger partial charge is 0.190 e. The first-order valence-corrected chi connectivity index (χ1v) is 3.84. The molecule has 0 heterocycles. The molecule has 0 aromatic rings. The summed E-state index contributed by atoms with van der Waals surface area (Å²) in [5.74, 6) is 0.539. The molecule has 2 heteroatoms. The van der Waals surface area contributed by atoms with Gasteiger partial charge in [0.05, 0.1) is 0 Å². The number of rotatable bonds is 2. The maximum absolute atomic E-state index is 10.3. The second-order valence-corrected chi connectivity index (χ2v) is 3.26. The molecule has 0 unspecified atom stereocenters. The number of allylic oxidation sites excluding steroid dienone is 1. The second-order valence-electron chi connectivity index (χ2n) is 2.18. The van der Waals surface area contributed by atoms with E-state index < -0.39 is 0 Å². The average molecular weight is 144 g/mol. The molecule has 0 saturated heterocycles. The Morgan fingerprint density at radius 1 is 1.56 bits per heavy atom. The molecule has 0 atom stereocenters. The van der Waals surface area contributed by atoms with Crippen LogP contribution in [0, 0.1) is 5.92 Å². The Hall–Kier alpha value is -0.240. The summed E-state index contributed by atoms with van der Waals surface area (Å²) < 4.78 is 0. The summed E-state index contributed by atoms with van der Waals surface area (Å²) >= 11 is 1.24. The van der Waals surface area contributed by atoms with Crippen LogP contribution < -0.4 is 0 Å². The average Bonchev–Trinajstić information content (AvgIpc) is 1.63. The van der Waals surface area contributed by atoms with Gasteiger partial charge in [-0.05, 0) is 11.3 Å². The summed E-state index contributed by atoms with van der Waals surface area (Å²) in [6.45, 7) is 5.73. The SMILES string of the molecule is CC(=O)SC=CC(C)C. The van der Waals surface area contributed by atoms with E-state index in [9.17, 15) is 4.79 Å². The fraction of sp³-hybridized carbons (Fsp3) is 0.571. The van der Waals surface area contributed by atoms with E-state index in [1.54, 1.807) is 6.92 Å². The normalized spacial score (nSPS) is 11.1. The van der Waals surface area contributed by atoms with E-state index in [-0.39, 0.29) is 5.12 Å². The summed E-state index contributed by atoms with van der Waals surface area (Å²) in [5, 5.41) is 1.99. The van der Waals surface area contributed by atoms with Crippen molar-refractivity contribution in [2.24, 2.45) is 5.92 Å². The van der Waals surface area contributed by atoms with Gasteiger partial charge in [-0.2, -0.15) is 0 Å². The lowest BCUT2D eigenvalue weighted by Gasteiger charge is -1.90. The van der Waals surface area contributed by atoms with Gasteiger partial charge in [0.2, 0.25) is 0 Å². The predicted molar refractivity (Wildman–Crippen MR) is 42.3 cm³/mol. The van der Waals surface area contributed by atoms with Gasteiger partial charge < -0.3 is 0 Å². The minimum absolute atomic E-state index is 0.145. The fourth-order valence-corrected chi connectivity index (χ4v) is 0.877. The van der Waals surface area contributed by atoms with Crippen LogP contribution in [0.25, 0.3) is 0 Å². The molecule has 0 saturated carbocycles. The van der Waals surface area contributed by atoms with Crippen molar-refractivity contribution < 1.29 is 4.79 Å². The first kappa shape index (κ1) is 8.76. The van der Waals surface area contributed by atoms with Crippen LogP contribution in [0.5, 0.6) is 0 Å². The van der Waals surface area contributed by atoms with Crippen molar-refractivity contribution in [3.05, 3.63) is 11.5 Å². The van der Waals surface area contributed by atoms with Gasteiger partial charge in [0.25, 0.3) is 0 Å². The Labute approximate surface area is 60.5 Å². The Kier molecular flexibility index (Phi) is 4.50. The third-order valence-corrected chi connectivity index (χ3v) is 1.32. The zero-order valence-electron chi connectivity index (χ0n) is 6.05. The van der Waals surface area contributed by atoms with Crippen LogP contribution in [-0.4, -0.2) is 5.12 Å². The molecule has 0 rings (SSSR count). The molecule has 1 nitrogen and oxygen atoms in total. The molecule has 0 aliphatic rings. The molecule has 0 aliphatic carbocycles. The van der Waals surface area contributed by atoms with Crippen molar-refractivity contribution in [3.8, 4) is 0 Å². The number of hydrogen-bond acceptors (Lipinski definition) is 2. The van der Waals surface area contributed by atoms with Crippen molar-refractivity contribution in [2.45, 2.75) is 20.8 Å². The van der Waals surface area contributed by atoms with E-state index in [0.717, 1.165) is 0 Å². The van der Waals surface area contributed by atoms with E-state index in [4.69, 9.17) is 0 Å². The standard InChI is InChI=1S/C7H12OS/c1-6(2)4-5-9-7(3)8/h4-6H,1-3H3. The highest BCUT2D eigenvalue weighted by atomic mass is 32.2. The molecule has 0 spiro atoms. The van der Waals surface area contributed by atoms with Crippen LogP contribution in [0.4, 0.5) is 0 Å². The number of carbonyl (C=O) groups is 1. The zero-order chi connectivity index (χ0) is 7.28. The van der Waals surface area contributed by atoms with Gasteiger partial charge in [-0.1, -0.05) is 31.7 Å². The minimum Gasteiger partial charge on any atom is -0.287 e. The molecule has 52 valence electrons. The number of hydrogen-bond donors (Lipinski definition) is 0. The molecule has 0 radical (unpaired) electrons. The van der Waals surface area contributed by atoms with E-state index in [0.29, 0.717) is 5.92 Å². The van der Waals surface area contributed by atoms with Crippen LogP contribution in [0.15, 0.2) is 11.5 Å². The summed E-state index contributed by atoms with van der Waals surface area (Å²) in [6, 6.07) is 0. The van der Waals surface area contributed by atoms with Gasteiger partial charge in [-0.3, -0.25) is 4.79 Å². The van der Waals surface area contributed by atoms with Gasteiger partial charge in [0, 0.05) is 6.92 Å². The topological polar surface area (TPSA) is 17.1 Å². The summed E-state index contributed by atoms with van der Waals surface area (Å²) in [7, 11) is 0. The van der Waals surface area contributed by atoms with Gasteiger partial charge >= 0.3 is 0 Å². The molecule has 0 aromatic carbocycles. The highest BCUT2D eigenvalue weighted by Crippen LogP contribution is 2.05. The van der Waals surface area contributed by atoms with Crippen molar-refractivity contribution in [3.63, 3.8) is 0 Å². The van der Waals surface area contributed by atoms with Gasteiger partial charge in [-0.25, -0.2) is 0 Å². The third-order valence-electron chi connectivity index (χ3n) is 0.697. The van der Waals surface area contributed by atoms with Crippen LogP contribution in [0.2, 0.25) is 0 Å². The molecule has 0 aliphatic heterocycles. The van der Waals surface area contributed by atoms with Crippen LogP contribution in [0.1, 0.15) is 20.8 Å². The Morgan fingerprint density at radius 3 is 2.44 bits per heavy atom. The maximum atomic E-state index is 10.3. The van der Waals surface area contributed by atoms with Crippen LogP contribution in [-0.2, 0) is 4.79 Å². The molecule has 0 bridgehead atoms. The predicted octanol–water partition coefficient (Wildman–Crippen LogP) is 2.44. The van der Waals surface area contributed by atoms with E-state index in [2.05, 4.69) is 13.8 Å². The summed E-state index contributed by atoms with van der Waals surface area (Å²) in [4.78, 5) is 10.3. The zero-order valence-corrected chi connectivity index (χ0v) is 6.87. The molecule has 0 N–H and O–H groups in total.